The molecule has 0 radical (unpaired) electrons. The summed E-state index contributed by atoms with van der Waals surface area (Å²) in [6, 6.07) is 13.7. The maximum atomic E-state index is 11.8. The monoisotopic (exact) mass is 437 g/mol. The number of ether oxygens (including phenoxy) is 1. The van der Waals surface area contributed by atoms with E-state index >= 15 is 0 Å². The van der Waals surface area contributed by atoms with Gasteiger partial charge in [0.05, 0.1) is 34.7 Å². The highest BCUT2D eigenvalue weighted by atomic mass is 32.2. The summed E-state index contributed by atoms with van der Waals surface area (Å²) >= 11 is 2.66. The first-order chi connectivity index (χ1) is 14.5. The van der Waals surface area contributed by atoms with E-state index in [2.05, 4.69) is 28.2 Å². The summed E-state index contributed by atoms with van der Waals surface area (Å²) < 4.78 is 6.57. The Morgan fingerprint density at radius 1 is 1.23 bits per heavy atom. The minimum Gasteiger partial charge on any atom is -0.495 e. The Kier molecular flexibility index (Phi) is 5.93. The van der Waals surface area contributed by atoms with E-state index in [1.54, 1.807) is 18.4 Å². The summed E-state index contributed by atoms with van der Waals surface area (Å²) in [6.45, 7) is 0.516. The number of hydrogen-bond acceptors (Lipinski definition) is 7. The third-order valence-corrected chi connectivity index (χ3v) is 6.73. The number of nitrogens with zero attached hydrogens (tertiary/aromatic N) is 2. The third-order valence-electron chi connectivity index (χ3n) is 4.60. The molecule has 3 aromatic rings. The molecule has 1 unspecified atom stereocenters. The molecule has 1 fully saturated rings. The van der Waals surface area contributed by atoms with Crippen molar-refractivity contribution in [3.63, 3.8) is 0 Å². The number of carbonyl (C=O) groups is 2. The summed E-state index contributed by atoms with van der Waals surface area (Å²) in [5.41, 5.74) is 2.67. The fourth-order valence-electron chi connectivity index (χ4n) is 3.07. The molecular formula is C22H19N3O3S2. The molecule has 2 aromatic carbocycles. The molecule has 2 heterocycles. The second kappa shape index (κ2) is 8.78. The van der Waals surface area contributed by atoms with Crippen molar-refractivity contribution in [1.29, 1.82) is 0 Å². The van der Waals surface area contributed by atoms with E-state index in [9.17, 15) is 9.59 Å². The number of methoxy groups -OCH3 is 1. The Bertz CT molecular complexity index is 1150. The molecule has 2 amide bonds. The normalized spacial score (nSPS) is 15.6. The lowest BCUT2D eigenvalue weighted by Crippen LogP contribution is -2.25. The van der Waals surface area contributed by atoms with E-state index in [-0.39, 0.29) is 11.1 Å². The Morgan fingerprint density at radius 2 is 2.07 bits per heavy atom. The molecule has 6 nitrogen and oxygen atoms in total. The van der Waals surface area contributed by atoms with Crippen LogP contribution in [0.15, 0.2) is 42.5 Å². The van der Waals surface area contributed by atoms with Crippen LogP contribution >= 0.6 is 23.1 Å². The largest absolute Gasteiger partial charge is 0.495 e. The van der Waals surface area contributed by atoms with Gasteiger partial charge in [-0.15, -0.1) is 0 Å². The molecule has 1 aromatic heterocycles. The van der Waals surface area contributed by atoms with Crippen molar-refractivity contribution in [2.45, 2.75) is 11.7 Å². The van der Waals surface area contributed by atoms with Gasteiger partial charge in [0.15, 0.2) is 5.13 Å². The number of thiazole rings is 1. The van der Waals surface area contributed by atoms with Crippen LogP contribution in [0.1, 0.15) is 11.1 Å². The number of carbonyl (C=O) groups excluding carboxylic acids is 2. The van der Waals surface area contributed by atoms with Gasteiger partial charge in [-0.2, -0.15) is 0 Å². The van der Waals surface area contributed by atoms with Crippen molar-refractivity contribution in [1.82, 2.24) is 10.3 Å². The minimum absolute atomic E-state index is 0.245. The smallest absolute Gasteiger partial charge is 0.286 e. The molecule has 0 spiro atoms. The zero-order valence-electron chi connectivity index (χ0n) is 16.5. The molecule has 1 aliphatic rings. The van der Waals surface area contributed by atoms with Gasteiger partial charge in [-0.05, 0) is 36.2 Å². The lowest BCUT2D eigenvalue weighted by Gasteiger charge is -2.11. The Morgan fingerprint density at radius 3 is 2.80 bits per heavy atom. The molecule has 1 saturated heterocycles. The van der Waals surface area contributed by atoms with Crippen molar-refractivity contribution in [2.24, 2.45) is 0 Å². The van der Waals surface area contributed by atoms with Crippen molar-refractivity contribution in [3.05, 3.63) is 53.6 Å². The van der Waals surface area contributed by atoms with Crippen LogP contribution in [0.25, 0.3) is 10.2 Å². The Hall–Kier alpha value is -3.02. The van der Waals surface area contributed by atoms with E-state index in [1.165, 1.54) is 0 Å². The number of nitrogens with one attached hydrogen (secondary N) is 1. The number of aromatic nitrogens is 1. The number of anilines is 1. The number of fused-ring (bicyclic) bond motifs is 1. The second-order valence-corrected chi connectivity index (χ2v) is 8.93. The third kappa shape index (κ3) is 4.42. The summed E-state index contributed by atoms with van der Waals surface area (Å²) in [5, 5.41) is 2.53. The number of para-hydroxylation sites is 1. The van der Waals surface area contributed by atoms with Gasteiger partial charge >= 0.3 is 0 Å². The minimum atomic E-state index is -0.406. The van der Waals surface area contributed by atoms with Crippen LogP contribution in [-0.2, 0) is 11.2 Å². The number of imide groups is 1. The van der Waals surface area contributed by atoms with Gasteiger partial charge in [0.2, 0.25) is 5.91 Å². The van der Waals surface area contributed by atoms with Crippen LogP contribution in [0.5, 0.6) is 5.75 Å². The zero-order valence-corrected chi connectivity index (χ0v) is 18.1. The van der Waals surface area contributed by atoms with Gasteiger partial charge in [-0.25, -0.2) is 4.98 Å². The van der Waals surface area contributed by atoms with Gasteiger partial charge in [0.1, 0.15) is 5.75 Å². The van der Waals surface area contributed by atoms with Gasteiger partial charge in [-0.3, -0.25) is 14.9 Å². The quantitative estimate of drug-likeness (QED) is 0.614. The SMILES string of the molecule is COc1ccc(CC2SC(=O)NC2=O)cc1C#CCN(C)c1nc2ccccc2s1. The summed E-state index contributed by atoms with van der Waals surface area (Å²) in [5.74, 6) is 6.78. The maximum Gasteiger partial charge on any atom is 0.286 e. The highest BCUT2D eigenvalue weighted by Gasteiger charge is 2.31. The summed E-state index contributed by atoms with van der Waals surface area (Å²) in [6.07, 6.45) is 0.465. The van der Waals surface area contributed by atoms with Gasteiger partial charge in [0.25, 0.3) is 5.24 Å². The molecule has 1 N–H and O–H groups in total. The lowest BCUT2D eigenvalue weighted by atomic mass is 10.0. The van der Waals surface area contributed by atoms with Crippen LogP contribution in [0, 0.1) is 11.8 Å². The predicted molar refractivity (Wildman–Crippen MR) is 121 cm³/mol. The number of rotatable bonds is 5. The van der Waals surface area contributed by atoms with Crippen molar-refractivity contribution < 1.29 is 14.3 Å². The Balaban J connectivity index is 1.48. The van der Waals surface area contributed by atoms with Crippen LogP contribution in [-0.4, -0.2) is 42.1 Å². The van der Waals surface area contributed by atoms with Gasteiger partial charge in [0, 0.05) is 7.05 Å². The van der Waals surface area contributed by atoms with E-state index in [0.29, 0.717) is 18.7 Å². The summed E-state index contributed by atoms with van der Waals surface area (Å²) in [4.78, 5) is 29.9. The fourth-order valence-corrected chi connectivity index (χ4v) is 4.85. The van der Waals surface area contributed by atoms with E-state index in [0.717, 1.165) is 38.2 Å². The zero-order chi connectivity index (χ0) is 21.1. The molecule has 0 bridgehead atoms. The maximum absolute atomic E-state index is 11.8. The first-order valence-corrected chi connectivity index (χ1v) is 11.0. The van der Waals surface area contributed by atoms with Crippen LogP contribution in [0.4, 0.5) is 9.93 Å². The van der Waals surface area contributed by atoms with Gasteiger partial charge in [-0.1, -0.05) is 53.1 Å². The Labute approximate surface area is 182 Å². The van der Waals surface area contributed by atoms with E-state index < -0.39 is 5.25 Å². The predicted octanol–water partition coefficient (Wildman–Crippen LogP) is 3.69. The number of benzene rings is 2. The summed E-state index contributed by atoms with van der Waals surface area (Å²) in [7, 11) is 3.57. The average molecular weight is 438 g/mol. The van der Waals surface area contributed by atoms with E-state index in [1.807, 2.05) is 48.3 Å². The van der Waals surface area contributed by atoms with Crippen molar-refractivity contribution in [3.8, 4) is 17.6 Å². The number of amides is 2. The lowest BCUT2D eigenvalue weighted by molar-refractivity contribution is -0.118. The van der Waals surface area contributed by atoms with Gasteiger partial charge < -0.3 is 9.64 Å². The van der Waals surface area contributed by atoms with Crippen molar-refractivity contribution in [2.75, 3.05) is 25.6 Å². The van der Waals surface area contributed by atoms with Crippen LogP contribution in [0.3, 0.4) is 0 Å². The topological polar surface area (TPSA) is 71.5 Å². The standard InChI is InChI=1S/C22H19N3O3S2/c1-25(21-23-16-7-3-4-8-18(16)29-21)11-5-6-15-12-14(9-10-17(15)28-2)13-19-20(26)24-22(27)30-19/h3-4,7-10,12,19H,11,13H2,1-2H3,(H,24,26,27). The second-order valence-electron chi connectivity index (χ2n) is 6.74. The average Bonchev–Trinajstić information content (AvgIpc) is 3.30. The molecular weight excluding hydrogens is 418 g/mol. The fraction of sp³-hybridized carbons (Fsp3) is 0.227. The molecule has 1 aliphatic heterocycles. The highest BCUT2D eigenvalue weighted by Crippen LogP contribution is 2.28. The van der Waals surface area contributed by atoms with Crippen molar-refractivity contribution >= 4 is 49.6 Å². The van der Waals surface area contributed by atoms with E-state index in [4.69, 9.17) is 4.74 Å². The first-order valence-electron chi connectivity index (χ1n) is 9.27. The molecule has 30 heavy (non-hydrogen) atoms. The molecule has 4 rings (SSSR count). The van der Waals surface area contributed by atoms with Crippen LogP contribution < -0.4 is 15.0 Å². The highest BCUT2D eigenvalue weighted by molar-refractivity contribution is 8.15. The molecule has 0 saturated carbocycles. The number of thioether (sulfide) groups is 1. The number of hydrogen-bond donors (Lipinski definition) is 1. The first kappa shape index (κ1) is 20.3. The molecule has 1 atom stereocenters. The van der Waals surface area contributed by atoms with Crippen LogP contribution in [0.2, 0.25) is 0 Å². The molecule has 0 aliphatic carbocycles. The molecule has 152 valence electrons. The molecule has 8 heteroatoms.